The molecular formula is C14H20BrNOS. The van der Waals surface area contributed by atoms with Crippen molar-refractivity contribution in [3.63, 3.8) is 0 Å². The van der Waals surface area contributed by atoms with Gasteiger partial charge in [0.2, 0.25) is 5.91 Å². The highest BCUT2D eigenvalue weighted by molar-refractivity contribution is 9.10. The van der Waals surface area contributed by atoms with Crippen molar-refractivity contribution < 1.29 is 4.79 Å². The lowest BCUT2D eigenvalue weighted by Gasteiger charge is -2.24. The average molecular weight is 330 g/mol. The van der Waals surface area contributed by atoms with E-state index in [4.69, 9.17) is 0 Å². The zero-order valence-corrected chi connectivity index (χ0v) is 13.5. The fourth-order valence-corrected chi connectivity index (χ4v) is 2.40. The molecule has 0 fully saturated rings. The minimum atomic E-state index is -0.102. The fraction of sp³-hybridized carbons (Fsp3) is 0.500. The first-order valence-corrected chi connectivity index (χ1v) is 8.01. The Morgan fingerprint density at radius 2 is 1.94 bits per heavy atom. The van der Waals surface area contributed by atoms with E-state index in [1.165, 1.54) is 5.56 Å². The van der Waals surface area contributed by atoms with Crippen LogP contribution in [0.15, 0.2) is 28.7 Å². The summed E-state index contributed by atoms with van der Waals surface area (Å²) in [7, 11) is 0. The Morgan fingerprint density at radius 3 is 2.50 bits per heavy atom. The van der Waals surface area contributed by atoms with Gasteiger partial charge in [-0.3, -0.25) is 4.79 Å². The third kappa shape index (κ3) is 5.91. The maximum Gasteiger partial charge on any atom is 0.230 e. The largest absolute Gasteiger partial charge is 0.351 e. The first kappa shape index (κ1) is 15.6. The Bertz CT molecular complexity index is 389. The fourth-order valence-electron chi connectivity index (χ4n) is 1.34. The first-order chi connectivity index (χ1) is 8.43. The number of carbonyl (C=O) groups excluding carboxylic acids is 1. The minimum absolute atomic E-state index is 0.102. The van der Waals surface area contributed by atoms with Gasteiger partial charge in [-0.05, 0) is 38.0 Å². The summed E-state index contributed by atoms with van der Waals surface area (Å²) in [5, 5.41) is 3.03. The van der Waals surface area contributed by atoms with Gasteiger partial charge in [-0.25, -0.2) is 0 Å². The van der Waals surface area contributed by atoms with Gasteiger partial charge in [-0.15, -0.1) is 11.8 Å². The van der Waals surface area contributed by atoms with E-state index in [9.17, 15) is 4.79 Å². The predicted octanol–water partition coefficient (Wildman–Crippen LogP) is 3.99. The predicted molar refractivity (Wildman–Crippen MR) is 82.8 cm³/mol. The number of rotatable bonds is 6. The number of benzene rings is 1. The Morgan fingerprint density at radius 1 is 1.33 bits per heavy atom. The third-order valence-corrected chi connectivity index (χ3v) is 4.31. The molecule has 1 N–H and O–H groups in total. The van der Waals surface area contributed by atoms with Gasteiger partial charge in [0, 0.05) is 15.8 Å². The number of nitrogens with one attached hydrogen (secondary N) is 1. The molecule has 1 aromatic carbocycles. The van der Waals surface area contributed by atoms with Crippen molar-refractivity contribution in [2.24, 2.45) is 0 Å². The average Bonchev–Trinajstić information content (AvgIpc) is 2.31. The van der Waals surface area contributed by atoms with Crippen molar-refractivity contribution in [1.29, 1.82) is 0 Å². The van der Waals surface area contributed by atoms with Crippen LogP contribution in [0, 0.1) is 0 Å². The molecule has 1 amide bonds. The molecule has 1 rings (SSSR count). The Labute approximate surface area is 122 Å². The second-order valence-electron chi connectivity index (χ2n) is 4.90. The topological polar surface area (TPSA) is 29.1 Å². The lowest BCUT2D eigenvalue weighted by molar-refractivity contribution is -0.120. The summed E-state index contributed by atoms with van der Waals surface area (Å²) in [6.07, 6.45) is 0.941. The zero-order chi connectivity index (χ0) is 13.6. The molecule has 0 aliphatic rings. The molecule has 1 aromatic rings. The van der Waals surface area contributed by atoms with Gasteiger partial charge in [0.25, 0.3) is 0 Å². The van der Waals surface area contributed by atoms with Crippen molar-refractivity contribution in [2.75, 3.05) is 5.75 Å². The molecule has 0 aromatic heterocycles. The van der Waals surface area contributed by atoms with Crippen LogP contribution in [-0.2, 0) is 10.5 Å². The second kappa shape index (κ2) is 7.19. The standard InChI is InChI=1S/C14H20BrNOS/c1-4-14(2,3)16-13(17)10-18-9-11-5-7-12(15)8-6-11/h5-8H,4,9-10H2,1-3H3,(H,16,17). The molecule has 100 valence electrons. The molecule has 0 saturated heterocycles. The Kier molecular flexibility index (Phi) is 6.22. The van der Waals surface area contributed by atoms with E-state index in [1.54, 1.807) is 11.8 Å². The smallest absolute Gasteiger partial charge is 0.230 e. The van der Waals surface area contributed by atoms with Crippen molar-refractivity contribution >= 4 is 33.6 Å². The maximum atomic E-state index is 11.7. The van der Waals surface area contributed by atoms with E-state index < -0.39 is 0 Å². The first-order valence-electron chi connectivity index (χ1n) is 6.06. The normalized spacial score (nSPS) is 11.3. The summed E-state index contributed by atoms with van der Waals surface area (Å²) in [5.74, 6) is 1.50. The van der Waals surface area contributed by atoms with Crippen LogP contribution in [0.2, 0.25) is 0 Å². The van der Waals surface area contributed by atoms with E-state index in [1.807, 2.05) is 26.0 Å². The summed E-state index contributed by atoms with van der Waals surface area (Å²) in [4.78, 5) is 11.7. The van der Waals surface area contributed by atoms with Gasteiger partial charge in [0.1, 0.15) is 0 Å². The molecule has 0 heterocycles. The SMILES string of the molecule is CCC(C)(C)NC(=O)CSCc1ccc(Br)cc1. The highest BCUT2D eigenvalue weighted by atomic mass is 79.9. The van der Waals surface area contributed by atoms with Crippen LogP contribution in [0.4, 0.5) is 0 Å². The number of thioether (sulfide) groups is 1. The number of hydrogen-bond donors (Lipinski definition) is 1. The monoisotopic (exact) mass is 329 g/mol. The highest BCUT2D eigenvalue weighted by Gasteiger charge is 2.17. The molecule has 4 heteroatoms. The summed E-state index contributed by atoms with van der Waals surface area (Å²) < 4.78 is 1.08. The van der Waals surface area contributed by atoms with Crippen LogP contribution in [0.5, 0.6) is 0 Å². The molecule has 0 unspecified atom stereocenters. The number of amides is 1. The highest BCUT2D eigenvalue weighted by Crippen LogP contribution is 2.16. The molecule has 18 heavy (non-hydrogen) atoms. The molecule has 0 atom stereocenters. The van der Waals surface area contributed by atoms with Gasteiger partial charge in [-0.2, -0.15) is 0 Å². The van der Waals surface area contributed by atoms with Gasteiger partial charge < -0.3 is 5.32 Å². The second-order valence-corrected chi connectivity index (χ2v) is 6.81. The summed E-state index contributed by atoms with van der Waals surface area (Å²) >= 11 is 5.05. The van der Waals surface area contributed by atoms with Crippen LogP contribution in [-0.4, -0.2) is 17.2 Å². The van der Waals surface area contributed by atoms with Crippen LogP contribution in [0.3, 0.4) is 0 Å². The lowest BCUT2D eigenvalue weighted by atomic mass is 10.0. The van der Waals surface area contributed by atoms with Crippen molar-refractivity contribution in [2.45, 2.75) is 38.5 Å². The van der Waals surface area contributed by atoms with Gasteiger partial charge in [0.15, 0.2) is 0 Å². The van der Waals surface area contributed by atoms with E-state index in [0.29, 0.717) is 5.75 Å². The van der Waals surface area contributed by atoms with E-state index in [2.05, 4.69) is 40.3 Å². The molecular weight excluding hydrogens is 310 g/mol. The van der Waals surface area contributed by atoms with Crippen molar-refractivity contribution in [1.82, 2.24) is 5.32 Å². The van der Waals surface area contributed by atoms with E-state index in [-0.39, 0.29) is 11.4 Å². The maximum absolute atomic E-state index is 11.7. The number of hydrogen-bond acceptors (Lipinski definition) is 2. The number of carbonyl (C=O) groups is 1. The summed E-state index contributed by atoms with van der Waals surface area (Å²) in [5.41, 5.74) is 1.14. The van der Waals surface area contributed by atoms with Crippen LogP contribution in [0.25, 0.3) is 0 Å². The summed E-state index contributed by atoms with van der Waals surface area (Å²) in [6.45, 7) is 6.17. The molecule has 0 saturated carbocycles. The molecule has 0 bridgehead atoms. The van der Waals surface area contributed by atoms with Gasteiger partial charge >= 0.3 is 0 Å². The molecule has 0 aliphatic heterocycles. The molecule has 2 nitrogen and oxygen atoms in total. The lowest BCUT2D eigenvalue weighted by Crippen LogP contribution is -2.43. The third-order valence-electron chi connectivity index (χ3n) is 2.78. The van der Waals surface area contributed by atoms with Gasteiger partial charge in [-0.1, -0.05) is 35.0 Å². The quantitative estimate of drug-likeness (QED) is 0.855. The van der Waals surface area contributed by atoms with Crippen LogP contribution < -0.4 is 5.32 Å². The Hall–Kier alpha value is -0.480. The molecule has 0 spiro atoms. The van der Waals surface area contributed by atoms with Crippen LogP contribution in [0.1, 0.15) is 32.8 Å². The van der Waals surface area contributed by atoms with Crippen molar-refractivity contribution in [3.05, 3.63) is 34.3 Å². The number of halogens is 1. The van der Waals surface area contributed by atoms with E-state index in [0.717, 1.165) is 16.6 Å². The van der Waals surface area contributed by atoms with Gasteiger partial charge in [0.05, 0.1) is 5.75 Å². The summed E-state index contributed by atoms with van der Waals surface area (Å²) in [6, 6.07) is 8.20. The van der Waals surface area contributed by atoms with Crippen LogP contribution >= 0.6 is 27.7 Å². The van der Waals surface area contributed by atoms with Crippen molar-refractivity contribution in [3.8, 4) is 0 Å². The Balaban J connectivity index is 2.29. The molecule has 0 aliphatic carbocycles. The minimum Gasteiger partial charge on any atom is -0.351 e. The molecule has 0 radical (unpaired) electrons. The zero-order valence-electron chi connectivity index (χ0n) is 11.1. The van der Waals surface area contributed by atoms with E-state index >= 15 is 0 Å².